The maximum Gasteiger partial charge on any atom is 0.253 e. The van der Waals surface area contributed by atoms with Gasteiger partial charge in [-0.25, -0.2) is 0 Å². The topological polar surface area (TPSA) is 98.7 Å². The predicted octanol–water partition coefficient (Wildman–Crippen LogP) is 1.06. The molecule has 3 amide bonds. The van der Waals surface area contributed by atoms with E-state index >= 15 is 0 Å². The van der Waals surface area contributed by atoms with Gasteiger partial charge in [-0.3, -0.25) is 14.4 Å². The molecule has 7 nitrogen and oxygen atoms in total. The first kappa shape index (κ1) is 21.4. The molecule has 0 aliphatic carbocycles. The number of carbonyl (C=O) groups excluding carboxylic acids is 3. The Morgan fingerprint density at radius 2 is 1.75 bits per heavy atom. The monoisotopic (exact) mass is 385 g/mol. The van der Waals surface area contributed by atoms with Crippen molar-refractivity contribution in [3.63, 3.8) is 0 Å². The normalized spacial score (nSPS) is 18.9. The van der Waals surface area contributed by atoms with Crippen LogP contribution in [0, 0.1) is 5.92 Å². The summed E-state index contributed by atoms with van der Waals surface area (Å²) >= 11 is 0. The van der Waals surface area contributed by atoms with E-state index in [4.69, 9.17) is 0 Å². The van der Waals surface area contributed by atoms with Crippen LogP contribution < -0.4 is 10.6 Å². The van der Waals surface area contributed by atoms with E-state index in [1.807, 2.05) is 30.3 Å². The third-order valence-corrected chi connectivity index (χ3v) is 4.54. The summed E-state index contributed by atoms with van der Waals surface area (Å²) in [5.74, 6) is -1.70. The van der Waals surface area contributed by atoms with Crippen LogP contribution in [0.3, 0.4) is 0 Å². The second kappa shape index (κ2) is 9.32. The van der Waals surface area contributed by atoms with Gasteiger partial charge in [-0.1, -0.05) is 50.3 Å². The van der Waals surface area contributed by atoms with Gasteiger partial charge in [-0.2, -0.15) is 0 Å². The summed E-state index contributed by atoms with van der Waals surface area (Å²) in [4.78, 5) is 38.9. The van der Waals surface area contributed by atoms with E-state index in [2.05, 4.69) is 10.6 Å². The summed E-state index contributed by atoms with van der Waals surface area (Å²) in [5.41, 5.74) is 1.47. The van der Waals surface area contributed by atoms with Crippen LogP contribution in [0.2, 0.25) is 0 Å². The van der Waals surface area contributed by atoms with Gasteiger partial charge in [0.2, 0.25) is 11.8 Å². The molecule has 0 spiro atoms. The molecule has 0 saturated carbocycles. The molecule has 1 aromatic rings. The molecule has 1 heterocycles. The maximum absolute atomic E-state index is 12.8. The SMILES string of the molecule is CC(NC(=O)C(O)C(C)C)C(=O)N[C@@H]1C(=O)N(C)C=CC=C1c1ccccc1. The van der Waals surface area contributed by atoms with E-state index in [0.717, 1.165) is 5.56 Å². The number of carbonyl (C=O) groups is 3. The molecular weight excluding hydrogens is 358 g/mol. The van der Waals surface area contributed by atoms with E-state index in [9.17, 15) is 19.5 Å². The van der Waals surface area contributed by atoms with Crippen molar-refractivity contribution in [2.24, 2.45) is 5.92 Å². The highest BCUT2D eigenvalue weighted by Gasteiger charge is 2.31. The zero-order valence-corrected chi connectivity index (χ0v) is 16.5. The van der Waals surface area contributed by atoms with Gasteiger partial charge < -0.3 is 20.6 Å². The van der Waals surface area contributed by atoms with Crippen LogP contribution in [-0.4, -0.2) is 53.0 Å². The first-order chi connectivity index (χ1) is 13.2. The van der Waals surface area contributed by atoms with Crippen molar-refractivity contribution < 1.29 is 19.5 Å². The Hall–Kier alpha value is -2.93. The van der Waals surface area contributed by atoms with Gasteiger partial charge in [0.1, 0.15) is 18.2 Å². The molecule has 0 radical (unpaired) electrons. The minimum absolute atomic E-state index is 0.272. The van der Waals surface area contributed by atoms with Gasteiger partial charge in [0.05, 0.1) is 0 Å². The van der Waals surface area contributed by atoms with Crippen molar-refractivity contribution in [3.8, 4) is 0 Å². The highest BCUT2D eigenvalue weighted by Crippen LogP contribution is 2.22. The average Bonchev–Trinajstić information content (AvgIpc) is 2.81. The molecule has 3 atom stereocenters. The third-order valence-electron chi connectivity index (χ3n) is 4.54. The van der Waals surface area contributed by atoms with Crippen LogP contribution in [-0.2, 0) is 14.4 Å². The van der Waals surface area contributed by atoms with Gasteiger partial charge >= 0.3 is 0 Å². The molecule has 150 valence electrons. The standard InChI is InChI=1S/C21H27N3O4/c1-13(2)18(25)20(27)22-14(3)19(26)23-17-16(15-9-6-5-7-10-15)11-8-12-24(4)21(17)28/h5-14,17-18,25H,1-4H3,(H,22,27)(H,23,26)/t14?,17-,18?/m0/s1. The summed E-state index contributed by atoms with van der Waals surface area (Å²) in [7, 11) is 1.62. The van der Waals surface area contributed by atoms with Gasteiger partial charge in [0, 0.05) is 13.2 Å². The Labute approximate surface area is 165 Å². The molecule has 7 heteroatoms. The Balaban J connectivity index is 2.19. The molecule has 0 aromatic heterocycles. The molecule has 2 unspecified atom stereocenters. The quantitative estimate of drug-likeness (QED) is 0.682. The third kappa shape index (κ3) is 5.07. The fraction of sp³-hybridized carbons (Fsp3) is 0.381. The van der Waals surface area contributed by atoms with Crippen molar-refractivity contribution in [1.29, 1.82) is 0 Å². The molecular formula is C21H27N3O4. The molecule has 0 bridgehead atoms. The number of nitrogens with one attached hydrogen (secondary N) is 2. The average molecular weight is 385 g/mol. The lowest BCUT2D eigenvalue weighted by Gasteiger charge is -2.25. The molecule has 0 saturated heterocycles. The largest absolute Gasteiger partial charge is 0.383 e. The summed E-state index contributed by atoms with van der Waals surface area (Å²) in [6.07, 6.45) is 3.95. The minimum atomic E-state index is -1.20. The molecule has 0 fully saturated rings. The number of allylic oxidation sites excluding steroid dienone is 2. The van der Waals surface area contributed by atoms with Crippen molar-refractivity contribution in [2.75, 3.05) is 7.05 Å². The lowest BCUT2D eigenvalue weighted by Crippen LogP contribution is -2.54. The fourth-order valence-electron chi connectivity index (χ4n) is 2.75. The van der Waals surface area contributed by atoms with Crippen molar-refractivity contribution in [1.82, 2.24) is 15.5 Å². The lowest BCUT2D eigenvalue weighted by atomic mass is 9.97. The van der Waals surface area contributed by atoms with Crippen LogP contribution >= 0.6 is 0 Å². The smallest absolute Gasteiger partial charge is 0.253 e. The highest BCUT2D eigenvalue weighted by atomic mass is 16.3. The maximum atomic E-state index is 12.8. The number of amides is 3. The van der Waals surface area contributed by atoms with E-state index in [1.165, 1.54) is 11.8 Å². The Morgan fingerprint density at radius 1 is 1.11 bits per heavy atom. The van der Waals surface area contributed by atoms with Crippen LogP contribution in [0.25, 0.3) is 5.57 Å². The van der Waals surface area contributed by atoms with Crippen molar-refractivity contribution in [3.05, 3.63) is 54.2 Å². The summed E-state index contributed by atoms with van der Waals surface area (Å²) in [6, 6.07) is 7.50. The summed E-state index contributed by atoms with van der Waals surface area (Å²) in [6.45, 7) is 4.92. The Kier molecular flexibility index (Phi) is 7.12. The number of hydrogen-bond donors (Lipinski definition) is 3. The summed E-state index contributed by atoms with van der Waals surface area (Å²) in [5, 5.41) is 15.0. The van der Waals surface area contributed by atoms with E-state index in [0.29, 0.717) is 5.57 Å². The number of aliphatic hydroxyl groups excluding tert-OH is 1. The van der Waals surface area contributed by atoms with Crippen molar-refractivity contribution >= 4 is 23.3 Å². The van der Waals surface area contributed by atoms with Gasteiger partial charge in [-0.15, -0.1) is 0 Å². The van der Waals surface area contributed by atoms with Crippen LogP contribution in [0.5, 0.6) is 0 Å². The number of rotatable bonds is 6. The molecule has 1 aliphatic heterocycles. The number of nitrogens with zero attached hydrogens (tertiary/aromatic N) is 1. The zero-order valence-electron chi connectivity index (χ0n) is 16.5. The first-order valence-corrected chi connectivity index (χ1v) is 9.21. The van der Waals surface area contributed by atoms with E-state index in [-0.39, 0.29) is 11.8 Å². The Bertz CT molecular complexity index is 786. The molecule has 1 aliphatic rings. The van der Waals surface area contributed by atoms with Crippen LogP contribution in [0.15, 0.2) is 48.7 Å². The van der Waals surface area contributed by atoms with Gasteiger partial charge in [0.15, 0.2) is 0 Å². The predicted molar refractivity (Wildman–Crippen MR) is 107 cm³/mol. The lowest BCUT2D eigenvalue weighted by molar-refractivity contribution is -0.136. The molecule has 3 N–H and O–H groups in total. The number of benzene rings is 1. The number of hydrogen-bond acceptors (Lipinski definition) is 4. The number of likely N-dealkylation sites (N-methyl/N-ethyl adjacent to an activating group) is 1. The second-order valence-corrected chi connectivity index (χ2v) is 7.14. The van der Waals surface area contributed by atoms with Crippen molar-refractivity contribution in [2.45, 2.75) is 39.0 Å². The van der Waals surface area contributed by atoms with Gasteiger partial charge in [-0.05, 0) is 30.1 Å². The van der Waals surface area contributed by atoms with E-state index in [1.54, 1.807) is 39.2 Å². The second-order valence-electron chi connectivity index (χ2n) is 7.14. The molecule has 1 aromatic carbocycles. The fourth-order valence-corrected chi connectivity index (χ4v) is 2.75. The zero-order chi connectivity index (χ0) is 20.8. The van der Waals surface area contributed by atoms with Crippen LogP contribution in [0.4, 0.5) is 0 Å². The first-order valence-electron chi connectivity index (χ1n) is 9.21. The minimum Gasteiger partial charge on any atom is -0.383 e. The van der Waals surface area contributed by atoms with Gasteiger partial charge in [0.25, 0.3) is 5.91 Å². The summed E-state index contributed by atoms with van der Waals surface area (Å²) < 4.78 is 0. The van der Waals surface area contributed by atoms with E-state index < -0.39 is 30.0 Å². The Morgan fingerprint density at radius 3 is 2.36 bits per heavy atom. The van der Waals surface area contributed by atoms with Crippen LogP contribution in [0.1, 0.15) is 26.3 Å². The number of aliphatic hydroxyl groups is 1. The highest BCUT2D eigenvalue weighted by molar-refractivity contribution is 6.01. The molecule has 2 rings (SSSR count). The molecule has 28 heavy (non-hydrogen) atoms.